The predicted octanol–water partition coefficient (Wildman–Crippen LogP) is 2.89. The Morgan fingerprint density at radius 2 is 2.28 bits per heavy atom. The van der Waals surface area contributed by atoms with Crippen molar-refractivity contribution in [3.63, 3.8) is 0 Å². The van der Waals surface area contributed by atoms with Crippen LogP contribution in [0.5, 0.6) is 0 Å². The zero-order chi connectivity index (χ0) is 12.5. The molecule has 18 heavy (non-hydrogen) atoms. The van der Waals surface area contributed by atoms with Gasteiger partial charge in [-0.3, -0.25) is 4.98 Å². The minimum atomic E-state index is 0.448. The first kappa shape index (κ1) is 11.8. The maximum absolute atomic E-state index is 5.84. The van der Waals surface area contributed by atoms with E-state index in [0.717, 1.165) is 22.8 Å². The predicted molar refractivity (Wildman–Crippen MR) is 74.8 cm³/mol. The van der Waals surface area contributed by atoms with Gasteiger partial charge in [0, 0.05) is 23.0 Å². The summed E-state index contributed by atoms with van der Waals surface area (Å²) in [5, 5.41) is 1.05. The molecule has 4 heteroatoms. The second kappa shape index (κ2) is 4.78. The van der Waals surface area contributed by atoms with Crippen LogP contribution in [0.25, 0.3) is 10.7 Å². The molecule has 94 valence electrons. The molecular weight excluding hydrogens is 242 g/mol. The Hall–Kier alpha value is -1.26. The Balaban J connectivity index is 2.02. The summed E-state index contributed by atoms with van der Waals surface area (Å²) in [5.41, 5.74) is 9.10. The van der Waals surface area contributed by atoms with Gasteiger partial charge < -0.3 is 5.73 Å². The molecule has 0 spiro atoms. The topological polar surface area (TPSA) is 51.8 Å². The van der Waals surface area contributed by atoms with Crippen molar-refractivity contribution in [1.82, 2.24) is 9.97 Å². The Bertz CT molecular complexity index is 562. The second-order valence-electron chi connectivity index (χ2n) is 4.82. The zero-order valence-electron chi connectivity index (χ0n) is 10.5. The van der Waals surface area contributed by atoms with E-state index in [1.807, 2.05) is 25.1 Å². The maximum atomic E-state index is 5.84. The van der Waals surface area contributed by atoms with Crippen molar-refractivity contribution in [1.29, 1.82) is 0 Å². The fraction of sp³-hybridized carbons (Fsp3) is 0.429. The van der Waals surface area contributed by atoms with Gasteiger partial charge in [-0.2, -0.15) is 0 Å². The third-order valence-electron chi connectivity index (χ3n) is 3.46. The fourth-order valence-corrected chi connectivity index (χ4v) is 3.67. The van der Waals surface area contributed by atoms with E-state index in [2.05, 4.69) is 4.98 Å². The number of nitrogens with zero attached hydrogens (tertiary/aromatic N) is 2. The monoisotopic (exact) mass is 259 g/mol. The van der Waals surface area contributed by atoms with E-state index < -0.39 is 0 Å². The van der Waals surface area contributed by atoms with Crippen molar-refractivity contribution in [2.24, 2.45) is 5.73 Å². The largest absolute Gasteiger partial charge is 0.330 e. The van der Waals surface area contributed by atoms with E-state index in [4.69, 9.17) is 10.7 Å². The molecule has 0 fully saturated rings. The molecule has 2 aromatic heterocycles. The first-order chi connectivity index (χ1) is 8.78. The molecule has 0 aromatic carbocycles. The molecule has 2 N–H and O–H groups in total. The third-order valence-corrected chi connectivity index (χ3v) is 4.62. The van der Waals surface area contributed by atoms with Crippen molar-refractivity contribution in [2.45, 2.75) is 32.1 Å². The summed E-state index contributed by atoms with van der Waals surface area (Å²) in [6.45, 7) is 2.72. The molecule has 0 saturated heterocycles. The minimum Gasteiger partial charge on any atom is -0.330 e. The van der Waals surface area contributed by atoms with Crippen molar-refractivity contribution in [2.75, 3.05) is 6.54 Å². The molecule has 1 aliphatic carbocycles. The Kier molecular flexibility index (Phi) is 3.14. The highest BCUT2D eigenvalue weighted by atomic mass is 32.1. The average molecular weight is 259 g/mol. The summed E-state index contributed by atoms with van der Waals surface area (Å²) in [4.78, 5) is 10.8. The Labute approximate surface area is 111 Å². The van der Waals surface area contributed by atoms with E-state index in [9.17, 15) is 0 Å². The van der Waals surface area contributed by atoms with Crippen LogP contribution < -0.4 is 5.73 Å². The highest BCUT2D eigenvalue weighted by Crippen LogP contribution is 2.37. The Morgan fingerprint density at radius 3 is 3.06 bits per heavy atom. The molecule has 3 rings (SSSR count). The molecule has 0 radical (unpaired) electrons. The van der Waals surface area contributed by atoms with Gasteiger partial charge in [0.05, 0.1) is 11.4 Å². The van der Waals surface area contributed by atoms with Crippen LogP contribution in [-0.4, -0.2) is 16.5 Å². The molecule has 2 heterocycles. The van der Waals surface area contributed by atoms with Crippen molar-refractivity contribution in [3.8, 4) is 10.7 Å². The lowest BCUT2D eigenvalue weighted by atomic mass is 9.91. The smallest absolute Gasteiger partial charge is 0.142 e. The molecule has 0 saturated carbocycles. The van der Waals surface area contributed by atoms with Crippen LogP contribution in [0.4, 0.5) is 0 Å². The minimum absolute atomic E-state index is 0.448. The second-order valence-corrected chi connectivity index (χ2v) is 5.90. The average Bonchev–Trinajstić information content (AvgIpc) is 2.82. The quantitative estimate of drug-likeness (QED) is 0.902. The van der Waals surface area contributed by atoms with Gasteiger partial charge in [-0.05, 0) is 38.3 Å². The molecule has 0 bridgehead atoms. The molecule has 1 atom stereocenters. The van der Waals surface area contributed by atoms with Crippen LogP contribution in [-0.2, 0) is 6.42 Å². The van der Waals surface area contributed by atoms with Gasteiger partial charge in [0.1, 0.15) is 5.01 Å². The summed E-state index contributed by atoms with van der Waals surface area (Å²) in [7, 11) is 0. The third kappa shape index (κ3) is 2.06. The first-order valence-electron chi connectivity index (χ1n) is 6.41. The van der Waals surface area contributed by atoms with Gasteiger partial charge in [0.25, 0.3) is 0 Å². The van der Waals surface area contributed by atoms with E-state index in [1.165, 1.54) is 23.4 Å². The fourth-order valence-electron chi connectivity index (χ4n) is 2.51. The number of pyridine rings is 1. The molecule has 0 amide bonds. The number of aromatic nitrogens is 2. The lowest BCUT2D eigenvalue weighted by Crippen LogP contribution is -2.17. The lowest BCUT2D eigenvalue weighted by Gasteiger charge is -2.18. The first-order valence-corrected chi connectivity index (χ1v) is 7.23. The summed E-state index contributed by atoms with van der Waals surface area (Å²) in [5.74, 6) is 0.448. The molecular formula is C14H17N3S. The summed E-state index contributed by atoms with van der Waals surface area (Å²) >= 11 is 1.79. The highest BCUT2D eigenvalue weighted by Gasteiger charge is 2.24. The Morgan fingerprint density at radius 1 is 1.39 bits per heavy atom. The highest BCUT2D eigenvalue weighted by molar-refractivity contribution is 7.15. The van der Waals surface area contributed by atoms with E-state index >= 15 is 0 Å². The summed E-state index contributed by atoms with van der Waals surface area (Å²) in [6, 6.07) is 6.09. The number of rotatable bonds is 2. The zero-order valence-corrected chi connectivity index (χ0v) is 11.3. The van der Waals surface area contributed by atoms with Crippen LogP contribution in [0.3, 0.4) is 0 Å². The molecule has 1 aliphatic rings. The van der Waals surface area contributed by atoms with Crippen LogP contribution in [0.1, 0.15) is 35.0 Å². The molecule has 1 unspecified atom stereocenters. The van der Waals surface area contributed by atoms with Crippen molar-refractivity contribution < 1.29 is 0 Å². The van der Waals surface area contributed by atoms with Gasteiger partial charge >= 0.3 is 0 Å². The maximum Gasteiger partial charge on any atom is 0.142 e. The van der Waals surface area contributed by atoms with E-state index in [-0.39, 0.29) is 0 Å². The van der Waals surface area contributed by atoms with Gasteiger partial charge in [-0.25, -0.2) is 4.98 Å². The van der Waals surface area contributed by atoms with Gasteiger partial charge in [-0.15, -0.1) is 11.3 Å². The lowest BCUT2D eigenvalue weighted by molar-refractivity contribution is 0.554. The SMILES string of the molecule is Cc1cccc(-c2nc3c(s2)CCCC3CN)n1. The van der Waals surface area contributed by atoms with Crippen LogP contribution in [0.15, 0.2) is 18.2 Å². The van der Waals surface area contributed by atoms with E-state index in [0.29, 0.717) is 12.5 Å². The number of fused-ring (bicyclic) bond motifs is 1. The van der Waals surface area contributed by atoms with Crippen molar-refractivity contribution >= 4 is 11.3 Å². The van der Waals surface area contributed by atoms with Crippen molar-refractivity contribution in [3.05, 3.63) is 34.5 Å². The summed E-state index contributed by atoms with van der Waals surface area (Å²) < 4.78 is 0. The standard InChI is InChI=1S/C14H17N3S/c1-9-4-2-6-11(16-9)14-17-13-10(8-15)5-3-7-12(13)18-14/h2,4,6,10H,3,5,7-8,15H2,1H3. The number of aryl methyl sites for hydroxylation is 2. The number of hydrogen-bond donors (Lipinski definition) is 1. The normalized spacial score (nSPS) is 18.7. The molecule has 2 aromatic rings. The van der Waals surface area contributed by atoms with Gasteiger partial charge in [0.15, 0.2) is 0 Å². The van der Waals surface area contributed by atoms with Gasteiger partial charge in [-0.1, -0.05) is 6.07 Å². The molecule has 3 nitrogen and oxygen atoms in total. The number of nitrogens with two attached hydrogens (primary N) is 1. The van der Waals surface area contributed by atoms with Crippen LogP contribution in [0, 0.1) is 6.92 Å². The number of hydrogen-bond acceptors (Lipinski definition) is 4. The van der Waals surface area contributed by atoms with Gasteiger partial charge in [0.2, 0.25) is 0 Å². The van der Waals surface area contributed by atoms with Crippen LogP contribution >= 0.6 is 11.3 Å². The number of thiazole rings is 1. The summed E-state index contributed by atoms with van der Waals surface area (Å²) in [6.07, 6.45) is 3.56. The van der Waals surface area contributed by atoms with E-state index in [1.54, 1.807) is 11.3 Å². The molecule has 0 aliphatic heterocycles. The van der Waals surface area contributed by atoms with Crippen LogP contribution in [0.2, 0.25) is 0 Å².